The number of hydrogen-bond acceptors (Lipinski definition) is 5. The number of nitrogens with two attached hydrogens (primary N) is 1. The maximum Gasteiger partial charge on any atom is 0.251 e. The predicted molar refractivity (Wildman–Crippen MR) is 75.3 cm³/mol. The molecule has 0 bridgehead atoms. The van der Waals surface area contributed by atoms with E-state index in [1.54, 1.807) is 23.4 Å². The first-order valence-electron chi connectivity index (χ1n) is 5.77. The summed E-state index contributed by atoms with van der Waals surface area (Å²) in [5.74, 6) is -0.824. The molecule has 1 aromatic heterocycles. The van der Waals surface area contributed by atoms with E-state index in [9.17, 15) is 14.7 Å². The van der Waals surface area contributed by atoms with E-state index in [2.05, 4.69) is 5.32 Å². The monoisotopic (exact) mass is 285 g/mol. The Balaban J connectivity index is 2.66. The van der Waals surface area contributed by atoms with Crippen LogP contribution in [0.1, 0.15) is 24.2 Å². The Morgan fingerprint density at radius 1 is 1.53 bits per heavy atom. The quantitative estimate of drug-likeness (QED) is 0.708. The Morgan fingerprint density at radius 3 is 2.68 bits per heavy atom. The normalized spacial score (nSPS) is 11.6. The molecular formula is C12H19N3O3S. The molecule has 0 saturated heterocycles. The van der Waals surface area contributed by atoms with Crippen LogP contribution in [-0.4, -0.2) is 47.6 Å². The standard InChI is InChI=1S/C12H19N3O3S/c1-12(2,7-16)15(3)6-9(17)14-11-8(10(13)18)4-5-19-11/h4-5,16H,6-7H2,1-3H3,(H2,13,18)(H,14,17). The highest BCUT2D eigenvalue weighted by Crippen LogP contribution is 2.22. The fraction of sp³-hybridized carbons (Fsp3) is 0.500. The van der Waals surface area contributed by atoms with Crippen LogP contribution in [-0.2, 0) is 4.79 Å². The smallest absolute Gasteiger partial charge is 0.251 e. The molecule has 19 heavy (non-hydrogen) atoms. The number of hydrogen-bond donors (Lipinski definition) is 3. The molecule has 0 aliphatic rings. The van der Waals surface area contributed by atoms with E-state index in [1.165, 1.54) is 11.3 Å². The van der Waals surface area contributed by atoms with Crippen molar-refractivity contribution < 1.29 is 14.7 Å². The Kier molecular flexibility index (Phi) is 5.04. The fourth-order valence-corrected chi connectivity index (χ4v) is 2.12. The summed E-state index contributed by atoms with van der Waals surface area (Å²) >= 11 is 1.25. The molecule has 0 spiro atoms. The maximum atomic E-state index is 11.9. The molecule has 0 fully saturated rings. The highest BCUT2D eigenvalue weighted by atomic mass is 32.1. The van der Waals surface area contributed by atoms with Gasteiger partial charge in [0.25, 0.3) is 5.91 Å². The average molecular weight is 285 g/mol. The third-order valence-electron chi connectivity index (χ3n) is 2.98. The second-order valence-corrected chi connectivity index (χ2v) is 5.82. The lowest BCUT2D eigenvalue weighted by Gasteiger charge is -2.33. The van der Waals surface area contributed by atoms with Crippen molar-refractivity contribution in [1.82, 2.24) is 4.90 Å². The number of nitrogens with one attached hydrogen (secondary N) is 1. The number of anilines is 1. The third-order valence-corrected chi connectivity index (χ3v) is 3.81. The van der Waals surface area contributed by atoms with Gasteiger partial charge in [-0.15, -0.1) is 11.3 Å². The molecule has 0 unspecified atom stereocenters. The minimum atomic E-state index is -0.569. The van der Waals surface area contributed by atoms with Gasteiger partial charge in [-0.05, 0) is 32.3 Å². The highest BCUT2D eigenvalue weighted by Gasteiger charge is 2.24. The third kappa shape index (κ3) is 4.02. The molecule has 0 radical (unpaired) electrons. The van der Waals surface area contributed by atoms with Gasteiger partial charge in [0.15, 0.2) is 0 Å². The molecule has 7 heteroatoms. The molecule has 0 aromatic carbocycles. The Labute approximate surface area is 116 Å². The first kappa shape index (κ1) is 15.6. The van der Waals surface area contributed by atoms with E-state index in [1.807, 2.05) is 13.8 Å². The van der Waals surface area contributed by atoms with Crippen LogP contribution >= 0.6 is 11.3 Å². The zero-order valence-electron chi connectivity index (χ0n) is 11.3. The number of carbonyl (C=O) groups is 2. The summed E-state index contributed by atoms with van der Waals surface area (Å²) in [7, 11) is 1.75. The summed E-state index contributed by atoms with van der Waals surface area (Å²) in [6, 6.07) is 1.57. The first-order chi connectivity index (χ1) is 8.77. The van der Waals surface area contributed by atoms with Gasteiger partial charge in [-0.2, -0.15) is 0 Å². The minimum absolute atomic E-state index is 0.0533. The zero-order valence-corrected chi connectivity index (χ0v) is 12.1. The van der Waals surface area contributed by atoms with Crippen LogP contribution in [0.5, 0.6) is 0 Å². The number of nitrogens with zero attached hydrogens (tertiary/aromatic N) is 1. The summed E-state index contributed by atoms with van der Waals surface area (Å²) in [5, 5.41) is 14.0. The van der Waals surface area contributed by atoms with Gasteiger partial charge in [0.2, 0.25) is 5.91 Å². The maximum absolute atomic E-state index is 11.9. The highest BCUT2D eigenvalue weighted by molar-refractivity contribution is 7.14. The van der Waals surface area contributed by atoms with Crippen LogP contribution in [0.3, 0.4) is 0 Å². The molecular weight excluding hydrogens is 266 g/mol. The molecule has 0 aliphatic heterocycles. The number of primary amides is 1. The topological polar surface area (TPSA) is 95.7 Å². The van der Waals surface area contributed by atoms with Crippen LogP contribution in [0, 0.1) is 0 Å². The zero-order chi connectivity index (χ0) is 14.6. The molecule has 0 saturated carbocycles. The molecule has 0 atom stereocenters. The summed E-state index contributed by atoms with van der Waals surface area (Å²) in [4.78, 5) is 24.7. The molecule has 6 nitrogen and oxygen atoms in total. The van der Waals surface area contributed by atoms with Crippen molar-refractivity contribution in [2.75, 3.05) is 25.5 Å². The van der Waals surface area contributed by atoms with Crippen molar-refractivity contribution in [2.24, 2.45) is 5.73 Å². The van der Waals surface area contributed by atoms with Crippen LogP contribution < -0.4 is 11.1 Å². The number of amides is 2. The van der Waals surface area contributed by atoms with E-state index >= 15 is 0 Å². The number of likely N-dealkylation sites (N-methyl/N-ethyl adjacent to an activating group) is 1. The number of carbonyl (C=O) groups excluding carboxylic acids is 2. The van der Waals surface area contributed by atoms with Gasteiger partial charge in [-0.1, -0.05) is 0 Å². The van der Waals surface area contributed by atoms with Crippen LogP contribution in [0.2, 0.25) is 0 Å². The van der Waals surface area contributed by atoms with Crippen molar-refractivity contribution in [3.63, 3.8) is 0 Å². The largest absolute Gasteiger partial charge is 0.394 e. The van der Waals surface area contributed by atoms with Gasteiger partial charge < -0.3 is 16.2 Å². The van der Waals surface area contributed by atoms with E-state index in [0.717, 1.165) is 0 Å². The first-order valence-corrected chi connectivity index (χ1v) is 6.65. The second-order valence-electron chi connectivity index (χ2n) is 4.90. The van der Waals surface area contributed by atoms with E-state index < -0.39 is 11.4 Å². The molecule has 1 heterocycles. The van der Waals surface area contributed by atoms with Crippen molar-refractivity contribution in [1.29, 1.82) is 0 Å². The molecule has 0 aliphatic carbocycles. The van der Waals surface area contributed by atoms with Gasteiger partial charge in [0.1, 0.15) is 5.00 Å². The number of aliphatic hydroxyl groups is 1. The van der Waals surface area contributed by atoms with Crippen molar-refractivity contribution in [3.8, 4) is 0 Å². The number of rotatable bonds is 6. The minimum Gasteiger partial charge on any atom is -0.394 e. The summed E-state index contributed by atoms with van der Waals surface area (Å²) in [5.41, 5.74) is 5.02. The van der Waals surface area contributed by atoms with Gasteiger partial charge in [-0.3, -0.25) is 14.5 Å². The fourth-order valence-electron chi connectivity index (χ4n) is 1.32. The molecule has 1 aromatic rings. The lowest BCUT2D eigenvalue weighted by Crippen LogP contribution is -2.47. The van der Waals surface area contributed by atoms with Crippen molar-refractivity contribution in [2.45, 2.75) is 19.4 Å². The molecule has 2 amide bonds. The Morgan fingerprint density at radius 2 is 2.16 bits per heavy atom. The van der Waals surface area contributed by atoms with E-state index in [4.69, 9.17) is 5.73 Å². The lowest BCUT2D eigenvalue weighted by molar-refractivity contribution is -0.118. The van der Waals surface area contributed by atoms with E-state index in [0.29, 0.717) is 10.6 Å². The molecule has 106 valence electrons. The second kappa shape index (κ2) is 6.14. The van der Waals surface area contributed by atoms with Crippen LogP contribution in [0.4, 0.5) is 5.00 Å². The molecule has 1 rings (SSSR count). The SMILES string of the molecule is CN(CC(=O)Nc1sccc1C(N)=O)C(C)(C)CO. The number of aliphatic hydroxyl groups excluding tert-OH is 1. The number of thiophene rings is 1. The average Bonchev–Trinajstić information content (AvgIpc) is 2.76. The van der Waals surface area contributed by atoms with Gasteiger partial charge in [0.05, 0.1) is 18.7 Å². The van der Waals surface area contributed by atoms with Crippen LogP contribution in [0.25, 0.3) is 0 Å². The Bertz CT molecular complexity index is 471. The van der Waals surface area contributed by atoms with Gasteiger partial charge in [0, 0.05) is 5.54 Å². The van der Waals surface area contributed by atoms with Crippen molar-refractivity contribution in [3.05, 3.63) is 17.0 Å². The molecule has 4 N–H and O–H groups in total. The lowest BCUT2D eigenvalue weighted by atomic mass is 10.1. The van der Waals surface area contributed by atoms with Gasteiger partial charge >= 0.3 is 0 Å². The van der Waals surface area contributed by atoms with Gasteiger partial charge in [-0.25, -0.2) is 0 Å². The van der Waals surface area contributed by atoms with E-state index in [-0.39, 0.29) is 19.1 Å². The summed E-state index contributed by atoms with van der Waals surface area (Å²) in [6.07, 6.45) is 0. The van der Waals surface area contributed by atoms with Crippen LogP contribution in [0.15, 0.2) is 11.4 Å². The van der Waals surface area contributed by atoms with Crippen molar-refractivity contribution >= 4 is 28.2 Å². The summed E-state index contributed by atoms with van der Waals surface area (Å²) < 4.78 is 0. The summed E-state index contributed by atoms with van der Waals surface area (Å²) in [6.45, 7) is 3.73. The Hall–Kier alpha value is -1.44. The predicted octanol–water partition coefficient (Wildman–Crippen LogP) is 0.488.